The molecule has 0 saturated carbocycles. The molecule has 0 radical (unpaired) electrons. The summed E-state index contributed by atoms with van der Waals surface area (Å²) in [5, 5.41) is 3.49. The van der Waals surface area contributed by atoms with Crippen LogP contribution in [-0.2, 0) is 0 Å². The molecule has 2 rings (SSSR count). The quantitative estimate of drug-likeness (QED) is 0.776. The Morgan fingerprint density at radius 3 is 2.12 bits per heavy atom. The van der Waals surface area contributed by atoms with Crippen molar-refractivity contribution in [3.8, 4) is 0 Å². The van der Waals surface area contributed by atoms with Gasteiger partial charge in [-0.3, -0.25) is 4.90 Å². The van der Waals surface area contributed by atoms with Crippen LogP contribution in [0.4, 0.5) is 0 Å². The molecule has 0 aliphatic carbocycles. The Hall–Kier alpha value is -0.0800. The van der Waals surface area contributed by atoms with E-state index in [1.807, 2.05) is 0 Å². The maximum Gasteiger partial charge on any atom is 0.0113 e. The molecule has 0 aromatic carbocycles. The summed E-state index contributed by atoms with van der Waals surface area (Å²) in [4.78, 5) is 2.82. The van der Waals surface area contributed by atoms with Crippen LogP contribution in [0.1, 0.15) is 52.9 Å². The van der Waals surface area contributed by atoms with Crippen molar-refractivity contribution in [3.05, 3.63) is 0 Å². The van der Waals surface area contributed by atoms with Crippen LogP contribution in [0.2, 0.25) is 0 Å². The van der Waals surface area contributed by atoms with E-state index in [4.69, 9.17) is 0 Å². The molecule has 2 heteroatoms. The first kappa shape index (κ1) is 12.4. The minimum absolute atomic E-state index is 0.445. The Labute approximate surface area is 101 Å². The highest BCUT2D eigenvalue weighted by molar-refractivity contribution is 4.95. The smallest absolute Gasteiger partial charge is 0.0113 e. The molecule has 16 heavy (non-hydrogen) atoms. The van der Waals surface area contributed by atoms with Crippen LogP contribution in [0.25, 0.3) is 0 Å². The Balaban J connectivity index is 2.03. The van der Waals surface area contributed by atoms with Crippen molar-refractivity contribution in [3.63, 3.8) is 0 Å². The molecule has 0 aromatic heterocycles. The summed E-state index contributed by atoms with van der Waals surface area (Å²) in [6.07, 6.45) is 7.02. The largest absolute Gasteiger partial charge is 0.317 e. The molecule has 0 spiro atoms. The van der Waals surface area contributed by atoms with E-state index in [1.165, 1.54) is 38.6 Å². The fraction of sp³-hybridized carbons (Fsp3) is 1.00. The predicted octanol–water partition coefficient (Wildman–Crippen LogP) is 2.64. The molecule has 2 aliphatic heterocycles. The van der Waals surface area contributed by atoms with Gasteiger partial charge in [-0.25, -0.2) is 0 Å². The van der Waals surface area contributed by atoms with Gasteiger partial charge in [0.2, 0.25) is 0 Å². The van der Waals surface area contributed by atoms with Crippen LogP contribution in [-0.4, -0.2) is 36.6 Å². The molecule has 0 aromatic rings. The lowest BCUT2D eigenvalue weighted by Gasteiger charge is -2.51. The molecule has 1 N–H and O–H groups in total. The summed E-state index contributed by atoms with van der Waals surface area (Å²) in [5.41, 5.74) is 0.445. The van der Waals surface area contributed by atoms with Gasteiger partial charge in [-0.15, -0.1) is 0 Å². The van der Waals surface area contributed by atoms with E-state index in [-0.39, 0.29) is 0 Å². The molecule has 2 unspecified atom stereocenters. The van der Waals surface area contributed by atoms with Gasteiger partial charge in [-0.2, -0.15) is 0 Å². The van der Waals surface area contributed by atoms with Gasteiger partial charge in [0, 0.05) is 24.7 Å². The van der Waals surface area contributed by atoms with Gasteiger partial charge in [-0.05, 0) is 38.1 Å². The van der Waals surface area contributed by atoms with Crippen molar-refractivity contribution in [1.29, 1.82) is 0 Å². The van der Waals surface area contributed by atoms with Crippen molar-refractivity contribution in [1.82, 2.24) is 10.2 Å². The zero-order valence-electron chi connectivity index (χ0n) is 11.4. The normalized spacial score (nSPS) is 36.4. The van der Waals surface area contributed by atoms with Crippen LogP contribution in [0.3, 0.4) is 0 Å². The van der Waals surface area contributed by atoms with Crippen LogP contribution >= 0.6 is 0 Å². The summed E-state index contributed by atoms with van der Waals surface area (Å²) in [5.74, 6) is 0. The van der Waals surface area contributed by atoms with Crippen LogP contribution in [0.15, 0.2) is 0 Å². The number of piperidine rings is 2. The third-order valence-corrected chi connectivity index (χ3v) is 4.19. The minimum Gasteiger partial charge on any atom is -0.317 e. The van der Waals surface area contributed by atoms with E-state index in [0.29, 0.717) is 5.41 Å². The zero-order valence-corrected chi connectivity index (χ0v) is 11.4. The van der Waals surface area contributed by atoms with E-state index >= 15 is 0 Å². The van der Waals surface area contributed by atoms with Crippen molar-refractivity contribution < 1.29 is 0 Å². The van der Waals surface area contributed by atoms with Gasteiger partial charge in [0.1, 0.15) is 0 Å². The van der Waals surface area contributed by atoms with E-state index in [2.05, 4.69) is 38.0 Å². The summed E-state index contributed by atoms with van der Waals surface area (Å²) in [6, 6.07) is 2.47. The van der Waals surface area contributed by atoms with Gasteiger partial charge in [-0.1, -0.05) is 27.2 Å². The number of hydrogen-bond donors (Lipinski definition) is 1. The van der Waals surface area contributed by atoms with Gasteiger partial charge < -0.3 is 5.32 Å². The van der Waals surface area contributed by atoms with Crippen LogP contribution < -0.4 is 5.32 Å². The topological polar surface area (TPSA) is 15.3 Å². The third kappa shape index (κ3) is 2.78. The van der Waals surface area contributed by atoms with E-state index < -0.39 is 0 Å². The van der Waals surface area contributed by atoms with Crippen molar-refractivity contribution in [2.75, 3.05) is 13.6 Å². The van der Waals surface area contributed by atoms with E-state index in [1.54, 1.807) is 0 Å². The highest BCUT2D eigenvalue weighted by Gasteiger charge is 2.38. The van der Waals surface area contributed by atoms with Crippen molar-refractivity contribution >= 4 is 0 Å². The van der Waals surface area contributed by atoms with Gasteiger partial charge in [0.15, 0.2) is 0 Å². The fourth-order valence-electron chi connectivity index (χ4n) is 3.52. The minimum atomic E-state index is 0.445. The molecular formula is C14H28N2. The maximum atomic E-state index is 3.49. The Morgan fingerprint density at radius 1 is 1.12 bits per heavy atom. The molecule has 94 valence electrons. The lowest BCUT2D eigenvalue weighted by molar-refractivity contribution is 0.00217. The first-order chi connectivity index (χ1) is 7.49. The second-order valence-electron chi connectivity index (χ2n) is 6.93. The van der Waals surface area contributed by atoms with Gasteiger partial charge in [0.25, 0.3) is 0 Å². The van der Waals surface area contributed by atoms with Crippen LogP contribution in [0.5, 0.6) is 0 Å². The number of nitrogens with one attached hydrogen (secondary N) is 1. The maximum absolute atomic E-state index is 3.49. The molecule has 0 amide bonds. The first-order valence-electron chi connectivity index (χ1n) is 6.92. The first-order valence-corrected chi connectivity index (χ1v) is 6.92. The summed E-state index contributed by atoms with van der Waals surface area (Å²) in [7, 11) is 2.12. The monoisotopic (exact) mass is 224 g/mol. The SMILES string of the molecule is CNC1CC2CCCC(C1)N2CC(C)(C)C. The highest BCUT2D eigenvalue weighted by Crippen LogP contribution is 2.35. The average molecular weight is 224 g/mol. The number of hydrogen-bond acceptors (Lipinski definition) is 2. The number of nitrogens with zero attached hydrogens (tertiary/aromatic N) is 1. The molecule has 2 atom stereocenters. The van der Waals surface area contributed by atoms with Gasteiger partial charge >= 0.3 is 0 Å². The van der Waals surface area contributed by atoms with Crippen LogP contribution in [0, 0.1) is 5.41 Å². The molecule has 2 bridgehead atoms. The van der Waals surface area contributed by atoms with E-state index in [9.17, 15) is 0 Å². The number of rotatable bonds is 2. The second kappa shape index (κ2) is 4.66. The Bertz CT molecular complexity index is 217. The molecular weight excluding hydrogens is 196 g/mol. The molecule has 2 heterocycles. The van der Waals surface area contributed by atoms with Crippen molar-refractivity contribution in [2.45, 2.75) is 71.0 Å². The molecule has 2 fully saturated rings. The summed E-state index contributed by atoms with van der Waals surface area (Å²) < 4.78 is 0. The van der Waals surface area contributed by atoms with Gasteiger partial charge in [0.05, 0.1) is 0 Å². The zero-order chi connectivity index (χ0) is 11.8. The average Bonchev–Trinajstić information content (AvgIpc) is 2.14. The standard InChI is InChI=1S/C14H28N2/c1-14(2,3)10-16-12-6-5-7-13(16)9-11(8-12)15-4/h11-13,15H,5-10H2,1-4H3. The molecule has 2 nitrogen and oxygen atoms in total. The predicted molar refractivity (Wildman–Crippen MR) is 69.7 cm³/mol. The van der Waals surface area contributed by atoms with E-state index in [0.717, 1.165) is 18.1 Å². The van der Waals surface area contributed by atoms with Crippen molar-refractivity contribution in [2.24, 2.45) is 5.41 Å². The summed E-state index contributed by atoms with van der Waals surface area (Å²) in [6.45, 7) is 8.38. The summed E-state index contributed by atoms with van der Waals surface area (Å²) >= 11 is 0. The Morgan fingerprint density at radius 2 is 1.69 bits per heavy atom. The fourth-order valence-corrected chi connectivity index (χ4v) is 3.52. The number of fused-ring (bicyclic) bond motifs is 2. The lowest BCUT2D eigenvalue weighted by atomic mass is 9.80. The molecule has 2 aliphatic rings. The molecule has 2 saturated heterocycles. The Kier molecular flexibility index (Phi) is 3.60. The highest BCUT2D eigenvalue weighted by atomic mass is 15.2. The second-order valence-corrected chi connectivity index (χ2v) is 6.93. The lowest BCUT2D eigenvalue weighted by Crippen LogP contribution is -2.57. The third-order valence-electron chi connectivity index (χ3n) is 4.19.